The number of nitrogen functional groups attached to an aromatic ring is 1. The second-order valence-electron chi connectivity index (χ2n) is 3.41. The van der Waals surface area contributed by atoms with Crippen molar-refractivity contribution in [3.63, 3.8) is 0 Å². The van der Waals surface area contributed by atoms with Crippen LogP contribution in [0.1, 0.15) is 6.42 Å². The maximum absolute atomic E-state index is 11.8. The molecule has 0 unspecified atom stereocenters. The molecule has 0 heterocycles. The lowest BCUT2D eigenvalue weighted by Crippen LogP contribution is -2.26. The van der Waals surface area contributed by atoms with E-state index in [1.807, 2.05) is 0 Å². The monoisotopic (exact) mass is 292 g/mol. The predicted molar refractivity (Wildman–Crippen MR) is 67.7 cm³/mol. The molecule has 0 fully saturated rings. The topological polar surface area (TPSA) is 98.5 Å². The zero-order chi connectivity index (χ0) is 13.8. The minimum Gasteiger partial charge on any atom is -0.469 e. The quantitative estimate of drug-likeness (QED) is 0.617. The van der Waals surface area contributed by atoms with Gasteiger partial charge in [0.05, 0.1) is 18.6 Å². The molecule has 18 heavy (non-hydrogen) atoms. The smallest absolute Gasteiger partial charge is 0.306 e. The number of esters is 1. The Balaban J connectivity index is 2.77. The molecule has 0 aliphatic rings. The van der Waals surface area contributed by atoms with E-state index in [0.717, 1.165) is 0 Å². The summed E-state index contributed by atoms with van der Waals surface area (Å²) in [5, 5.41) is 0.0283. The van der Waals surface area contributed by atoms with Crippen molar-refractivity contribution in [2.24, 2.45) is 0 Å². The summed E-state index contributed by atoms with van der Waals surface area (Å²) in [6.07, 6.45) is -0.0533. The number of hydrogen-bond donors (Lipinski definition) is 2. The summed E-state index contributed by atoms with van der Waals surface area (Å²) in [5.41, 5.74) is 5.84. The van der Waals surface area contributed by atoms with Crippen LogP contribution in [0.25, 0.3) is 0 Å². The van der Waals surface area contributed by atoms with Crippen LogP contribution in [0.4, 0.5) is 5.69 Å². The minimum atomic E-state index is -3.76. The molecule has 0 amide bonds. The summed E-state index contributed by atoms with van der Waals surface area (Å²) in [7, 11) is -2.53. The van der Waals surface area contributed by atoms with Crippen molar-refractivity contribution in [2.75, 3.05) is 19.4 Å². The molecule has 6 nitrogen and oxygen atoms in total. The Morgan fingerprint density at radius 3 is 2.72 bits per heavy atom. The van der Waals surface area contributed by atoms with E-state index in [1.54, 1.807) is 0 Å². The van der Waals surface area contributed by atoms with Crippen molar-refractivity contribution < 1.29 is 17.9 Å². The molecular formula is C10H13ClN2O4S. The average Bonchev–Trinajstić information content (AvgIpc) is 2.27. The number of sulfonamides is 1. The van der Waals surface area contributed by atoms with Crippen molar-refractivity contribution >= 4 is 33.3 Å². The first-order valence-electron chi connectivity index (χ1n) is 4.98. The van der Waals surface area contributed by atoms with Gasteiger partial charge >= 0.3 is 5.97 Å². The molecular weight excluding hydrogens is 280 g/mol. The Morgan fingerprint density at radius 2 is 2.17 bits per heavy atom. The highest BCUT2D eigenvalue weighted by atomic mass is 35.5. The first kappa shape index (κ1) is 14.7. The van der Waals surface area contributed by atoms with Crippen molar-refractivity contribution in [3.8, 4) is 0 Å². The van der Waals surface area contributed by atoms with Crippen LogP contribution in [0.5, 0.6) is 0 Å². The average molecular weight is 293 g/mol. The number of carbonyl (C=O) groups is 1. The molecule has 1 aromatic rings. The van der Waals surface area contributed by atoms with Gasteiger partial charge in [0.25, 0.3) is 0 Å². The number of hydrogen-bond acceptors (Lipinski definition) is 5. The van der Waals surface area contributed by atoms with Gasteiger partial charge in [-0.2, -0.15) is 0 Å². The van der Waals surface area contributed by atoms with Crippen molar-refractivity contribution in [1.82, 2.24) is 4.72 Å². The van der Waals surface area contributed by atoms with Crippen LogP contribution in [-0.4, -0.2) is 28.0 Å². The fourth-order valence-electron chi connectivity index (χ4n) is 1.20. The second kappa shape index (κ2) is 6.03. The molecule has 0 radical (unpaired) electrons. The van der Waals surface area contributed by atoms with Crippen LogP contribution >= 0.6 is 11.6 Å². The van der Waals surface area contributed by atoms with Gasteiger partial charge in [-0.05, 0) is 18.2 Å². The number of rotatable bonds is 5. The second-order valence-corrected chi connectivity index (χ2v) is 5.56. The molecule has 3 N–H and O–H groups in total. The summed E-state index contributed by atoms with van der Waals surface area (Å²) in [5.74, 6) is -0.499. The number of nitrogens with two attached hydrogens (primary N) is 1. The Kier molecular flexibility index (Phi) is 4.94. The van der Waals surface area contributed by atoms with E-state index in [1.165, 1.54) is 25.3 Å². The maximum Gasteiger partial charge on any atom is 0.306 e. The number of benzene rings is 1. The third kappa shape index (κ3) is 3.86. The van der Waals surface area contributed by atoms with Gasteiger partial charge in [-0.1, -0.05) is 11.6 Å². The molecule has 0 aliphatic carbocycles. The standard InChI is InChI=1S/C10H13ClN2O4S/c1-17-10(14)4-5-13-18(15,16)9-3-2-7(12)6-8(9)11/h2-3,6,13H,4-5,12H2,1H3. The molecule has 0 bridgehead atoms. The fraction of sp³-hybridized carbons (Fsp3) is 0.300. The molecule has 1 aromatic carbocycles. The van der Waals surface area contributed by atoms with Crippen molar-refractivity contribution in [1.29, 1.82) is 0 Å². The summed E-state index contributed by atoms with van der Waals surface area (Å²) in [6, 6.07) is 4.08. The highest BCUT2D eigenvalue weighted by Crippen LogP contribution is 2.23. The van der Waals surface area contributed by atoms with Gasteiger partial charge in [-0.3, -0.25) is 4.79 Å². The summed E-state index contributed by atoms with van der Waals surface area (Å²) >= 11 is 5.79. The first-order valence-corrected chi connectivity index (χ1v) is 6.84. The van der Waals surface area contributed by atoms with E-state index < -0.39 is 16.0 Å². The minimum absolute atomic E-state index is 0.0283. The molecule has 100 valence electrons. The molecule has 0 saturated carbocycles. The van der Waals surface area contributed by atoms with Crippen LogP contribution in [0.2, 0.25) is 5.02 Å². The van der Waals surface area contributed by atoms with Crippen LogP contribution in [0.15, 0.2) is 23.1 Å². The number of methoxy groups -OCH3 is 1. The predicted octanol–water partition coefficient (Wildman–Crippen LogP) is 0.764. The van der Waals surface area contributed by atoms with E-state index in [4.69, 9.17) is 17.3 Å². The SMILES string of the molecule is COC(=O)CCNS(=O)(=O)c1ccc(N)cc1Cl. The van der Waals surface area contributed by atoms with Crippen LogP contribution < -0.4 is 10.5 Å². The van der Waals surface area contributed by atoms with Gasteiger partial charge in [0.2, 0.25) is 10.0 Å². The van der Waals surface area contributed by atoms with Crippen LogP contribution in [0, 0.1) is 0 Å². The molecule has 1 rings (SSSR count). The maximum atomic E-state index is 11.8. The third-order valence-electron chi connectivity index (χ3n) is 2.09. The van der Waals surface area contributed by atoms with E-state index in [9.17, 15) is 13.2 Å². The van der Waals surface area contributed by atoms with Gasteiger partial charge in [-0.15, -0.1) is 0 Å². The first-order chi connectivity index (χ1) is 8.36. The zero-order valence-electron chi connectivity index (χ0n) is 9.64. The van der Waals surface area contributed by atoms with E-state index >= 15 is 0 Å². The Hall–Kier alpha value is -1.31. The van der Waals surface area contributed by atoms with Gasteiger partial charge in [-0.25, -0.2) is 13.1 Å². The van der Waals surface area contributed by atoms with Crippen LogP contribution in [0.3, 0.4) is 0 Å². The normalized spacial score (nSPS) is 11.2. The Labute approximate surface area is 110 Å². The zero-order valence-corrected chi connectivity index (χ0v) is 11.2. The summed E-state index contributed by atoms with van der Waals surface area (Å²) in [4.78, 5) is 10.8. The molecule has 8 heteroatoms. The van der Waals surface area contributed by atoms with Crippen molar-refractivity contribution in [2.45, 2.75) is 11.3 Å². The van der Waals surface area contributed by atoms with Gasteiger partial charge in [0, 0.05) is 12.2 Å². The number of nitrogens with one attached hydrogen (secondary N) is 1. The van der Waals surface area contributed by atoms with E-state index in [0.29, 0.717) is 5.69 Å². The van der Waals surface area contributed by atoms with Gasteiger partial charge in [0.15, 0.2) is 0 Å². The molecule has 0 aliphatic heterocycles. The lowest BCUT2D eigenvalue weighted by molar-refractivity contribution is -0.140. The Bertz CT molecular complexity index is 545. The van der Waals surface area contributed by atoms with E-state index in [-0.39, 0.29) is 22.9 Å². The fourth-order valence-corrected chi connectivity index (χ4v) is 2.79. The summed E-state index contributed by atoms with van der Waals surface area (Å²) in [6.45, 7) is -0.0598. The Morgan fingerprint density at radius 1 is 1.50 bits per heavy atom. The van der Waals surface area contributed by atoms with Crippen LogP contribution in [-0.2, 0) is 19.6 Å². The lowest BCUT2D eigenvalue weighted by Gasteiger charge is -2.08. The number of ether oxygens (including phenoxy) is 1. The molecule has 0 aromatic heterocycles. The highest BCUT2D eigenvalue weighted by Gasteiger charge is 2.17. The van der Waals surface area contributed by atoms with E-state index in [2.05, 4.69) is 9.46 Å². The highest BCUT2D eigenvalue weighted by molar-refractivity contribution is 7.89. The summed E-state index contributed by atoms with van der Waals surface area (Å²) < 4.78 is 30.3. The molecule has 0 atom stereocenters. The lowest BCUT2D eigenvalue weighted by atomic mass is 10.3. The molecule has 0 saturated heterocycles. The van der Waals surface area contributed by atoms with Gasteiger partial charge in [0.1, 0.15) is 4.90 Å². The largest absolute Gasteiger partial charge is 0.469 e. The third-order valence-corrected chi connectivity index (χ3v) is 4.04. The number of carbonyl (C=O) groups excluding carboxylic acids is 1. The van der Waals surface area contributed by atoms with Crippen molar-refractivity contribution in [3.05, 3.63) is 23.2 Å². The van der Waals surface area contributed by atoms with Gasteiger partial charge < -0.3 is 10.5 Å². The number of anilines is 1. The number of halogens is 1. The molecule has 0 spiro atoms.